The summed E-state index contributed by atoms with van der Waals surface area (Å²) in [4.78, 5) is 13.2. The number of hydrogen-bond acceptors (Lipinski definition) is 7. The predicted molar refractivity (Wildman–Crippen MR) is 83.9 cm³/mol. The maximum Gasteiger partial charge on any atom is 0.224 e. The van der Waals surface area contributed by atoms with Crippen LogP contribution in [0.25, 0.3) is 11.2 Å². The van der Waals surface area contributed by atoms with Gasteiger partial charge in [0.2, 0.25) is 5.95 Å². The SMILES string of the molecule is C[C@@]12O[C@@H]1[C@H](n1cnc3c(NC4CC4)nc(N)nc31)C[C@@H]2CO. The Bertz CT molecular complexity index is 788. The van der Waals surface area contributed by atoms with Gasteiger partial charge in [-0.25, -0.2) is 4.98 Å². The Balaban J connectivity index is 1.56. The number of aliphatic hydroxyl groups is 1. The lowest BCUT2D eigenvalue weighted by atomic mass is 9.98. The normalized spacial score (nSPS) is 35.5. The van der Waals surface area contributed by atoms with E-state index in [0.29, 0.717) is 11.9 Å². The van der Waals surface area contributed by atoms with Crippen molar-refractivity contribution in [3.8, 4) is 0 Å². The van der Waals surface area contributed by atoms with Gasteiger partial charge in [0.25, 0.3) is 0 Å². The fraction of sp³-hybridized carbons (Fsp3) is 0.667. The van der Waals surface area contributed by atoms with Gasteiger partial charge < -0.3 is 25.5 Å². The van der Waals surface area contributed by atoms with Crippen LogP contribution in [0.2, 0.25) is 0 Å². The molecule has 2 aromatic rings. The Morgan fingerprint density at radius 1 is 1.48 bits per heavy atom. The molecule has 4 atom stereocenters. The average molecular weight is 316 g/mol. The molecule has 0 aromatic carbocycles. The molecular formula is C15H20N6O2. The second-order valence-electron chi connectivity index (χ2n) is 7.08. The summed E-state index contributed by atoms with van der Waals surface area (Å²) in [5.41, 5.74) is 7.17. The highest BCUT2D eigenvalue weighted by atomic mass is 16.6. The van der Waals surface area contributed by atoms with E-state index in [2.05, 4.69) is 27.2 Å². The number of anilines is 2. The van der Waals surface area contributed by atoms with Crippen LogP contribution in [0.5, 0.6) is 0 Å². The Morgan fingerprint density at radius 3 is 3.00 bits per heavy atom. The van der Waals surface area contributed by atoms with E-state index in [-0.39, 0.29) is 36.2 Å². The minimum absolute atomic E-state index is 0.105. The number of nitrogens with zero attached hydrogens (tertiary/aromatic N) is 4. The Hall–Kier alpha value is -1.93. The summed E-state index contributed by atoms with van der Waals surface area (Å²) in [6.07, 6.45) is 5.07. The third-order valence-corrected chi connectivity index (χ3v) is 5.51. The molecule has 8 nitrogen and oxygen atoms in total. The lowest BCUT2D eigenvalue weighted by Gasteiger charge is -2.17. The minimum atomic E-state index is -0.219. The second-order valence-corrected chi connectivity index (χ2v) is 7.08. The number of aliphatic hydroxyl groups excluding tert-OH is 1. The summed E-state index contributed by atoms with van der Waals surface area (Å²) in [5, 5.41) is 13.0. The van der Waals surface area contributed by atoms with Crippen LogP contribution < -0.4 is 11.1 Å². The van der Waals surface area contributed by atoms with Crippen LogP contribution in [0.1, 0.15) is 32.2 Å². The molecule has 23 heavy (non-hydrogen) atoms. The molecule has 2 aliphatic carbocycles. The standard InChI is InChI=1S/C15H20N6O2/c1-15-7(5-22)4-9(11(15)23-15)21-6-17-10-12(18-8-2-3-8)19-14(16)20-13(10)21/h6-9,11,22H,2-5H2,1H3,(H3,16,18,19,20)/t7-,9-,11-,15+/m1/s1. The fourth-order valence-electron chi connectivity index (χ4n) is 3.89. The van der Waals surface area contributed by atoms with Crippen LogP contribution in [0.15, 0.2) is 6.33 Å². The molecule has 0 amide bonds. The lowest BCUT2D eigenvalue weighted by Crippen LogP contribution is -2.20. The van der Waals surface area contributed by atoms with E-state index < -0.39 is 0 Å². The van der Waals surface area contributed by atoms with Crippen molar-refractivity contribution in [2.75, 3.05) is 17.7 Å². The molecule has 3 aliphatic rings. The quantitative estimate of drug-likeness (QED) is 0.711. The number of epoxide rings is 1. The molecule has 2 aromatic heterocycles. The second kappa shape index (κ2) is 4.33. The van der Waals surface area contributed by atoms with E-state index >= 15 is 0 Å². The highest BCUT2D eigenvalue weighted by Crippen LogP contribution is 2.58. The van der Waals surface area contributed by atoms with Gasteiger partial charge in [-0.1, -0.05) is 0 Å². The first-order valence-corrected chi connectivity index (χ1v) is 8.15. The molecule has 3 heterocycles. The average Bonchev–Trinajstić information content (AvgIpc) is 3.39. The van der Waals surface area contributed by atoms with Crippen molar-refractivity contribution in [2.24, 2.45) is 5.92 Å². The number of nitrogens with one attached hydrogen (secondary N) is 1. The van der Waals surface area contributed by atoms with Gasteiger partial charge in [0, 0.05) is 18.6 Å². The number of nitrogen functional groups attached to an aromatic ring is 1. The smallest absolute Gasteiger partial charge is 0.224 e. The molecule has 1 saturated heterocycles. The van der Waals surface area contributed by atoms with Gasteiger partial charge in [0.05, 0.1) is 18.0 Å². The molecule has 0 spiro atoms. The zero-order valence-corrected chi connectivity index (χ0v) is 12.9. The zero-order chi connectivity index (χ0) is 15.8. The van der Waals surface area contributed by atoms with Crippen molar-refractivity contribution in [3.05, 3.63) is 6.33 Å². The zero-order valence-electron chi connectivity index (χ0n) is 12.9. The summed E-state index contributed by atoms with van der Waals surface area (Å²) in [7, 11) is 0. The molecular weight excluding hydrogens is 296 g/mol. The lowest BCUT2D eigenvalue weighted by molar-refractivity contribution is 0.115. The van der Waals surface area contributed by atoms with Crippen molar-refractivity contribution in [3.63, 3.8) is 0 Å². The van der Waals surface area contributed by atoms with Crippen molar-refractivity contribution < 1.29 is 9.84 Å². The Kier molecular flexibility index (Phi) is 2.54. The summed E-state index contributed by atoms with van der Waals surface area (Å²) < 4.78 is 7.90. The third-order valence-electron chi connectivity index (χ3n) is 5.51. The number of ether oxygens (including phenoxy) is 1. The summed E-state index contributed by atoms with van der Waals surface area (Å²) in [6.45, 7) is 2.21. The van der Waals surface area contributed by atoms with Gasteiger partial charge in [0.1, 0.15) is 6.10 Å². The van der Waals surface area contributed by atoms with Gasteiger partial charge >= 0.3 is 0 Å². The summed E-state index contributed by atoms with van der Waals surface area (Å²) in [6, 6.07) is 0.600. The number of fused-ring (bicyclic) bond motifs is 2. The first-order chi connectivity index (χ1) is 11.1. The van der Waals surface area contributed by atoms with Crippen molar-refractivity contribution in [1.29, 1.82) is 0 Å². The van der Waals surface area contributed by atoms with Crippen LogP contribution in [0, 0.1) is 5.92 Å². The maximum atomic E-state index is 9.59. The Morgan fingerprint density at radius 2 is 2.30 bits per heavy atom. The minimum Gasteiger partial charge on any atom is -0.396 e. The summed E-state index contributed by atoms with van der Waals surface area (Å²) in [5.74, 6) is 1.11. The van der Waals surface area contributed by atoms with Crippen LogP contribution in [0.3, 0.4) is 0 Å². The molecule has 4 N–H and O–H groups in total. The number of hydrogen-bond donors (Lipinski definition) is 3. The molecule has 0 unspecified atom stereocenters. The molecule has 0 bridgehead atoms. The molecule has 122 valence electrons. The van der Waals surface area contributed by atoms with E-state index in [4.69, 9.17) is 10.5 Å². The van der Waals surface area contributed by atoms with Gasteiger partial charge in [-0.2, -0.15) is 9.97 Å². The molecule has 5 rings (SSSR count). The predicted octanol–water partition coefficient (Wildman–Crippen LogP) is 0.694. The largest absolute Gasteiger partial charge is 0.396 e. The van der Waals surface area contributed by atoms with Crippen molar-refractivity contribution in [1.82, 2.24) is 19.5 Å². The number of nitrogens with two attached hydrogens (primary N) is 1. The van der Waals surface area contributed by atoms with Crippen LogP contribution in [-0.4, -0.2) is 49.0 Å². The molecule has 1 aliphatic heterocycles. The van der Waals surface area contributed by atoms with E-state index in [9.17, 15) is 5.11 Å². The number of aromatic nitrogens is 4. The van der Waals surface area contributed by atoms with Gasteiger partial charge in [-0.05, 0) is 26.2 Å². The first kappa shape index (κ1) is 13.5. The summed E-state index contributed by atoms with van der Waals surface area (Å²) >= 11 is 0. The maximum absolute atomic E-state index is 9.59. The van der Waals surface area contributed by atoms with Gasteiger partial charge in [-0.3, -0.25) is 0 Å². The van der Waals surface area contributed by atoms with E-state index in [1.54, 1.807) is 6.33 Å². The highest BCUT2D eigenvalue weighted by Gasteiger charge is 2.66. The third kappa shape index (κ3) is 1.88. The van der Waals surface area contributed by atoms with Crippen LogP contribution in [0.4, 0.5) is 11.8 Å². The van der Waals surface area contributed by atoms with E-state index in [0.717, 1.165) is 30.4 Å². The highest BCUT2D eigenvalue weighted by molar-refractivity contribution is 5.84. The van der Waals surface area contributed by atoms with Crippen LogP contribution >= 0.6 is 0 Å². The van der Waals surface area contributed by atoms with E-state index in [1.165, 1.54) is 0 Å². The van der Waals surface area contributed by atoms with E-state index in [1.807, 2.05) is 4.57 Å². The van der Waals surface area contributed by atoms with Crippen molar-refractivity contribution in [2.45, 2.75) is 50.0 Å². The number of rotatable bonds is 4. The molecule has 8 heteroatoms. The van der Waals surface area contributed by atoms with Gasteiger partial charge in [-0.15, -0.1) is 0 Å². The molecule has 2 saturated carbocycles. The van der Waals surface area contributed by atoms with Crippen LogP contribution in [-0.2, 0) is 4.74 Å². The first-order valence-electron chi connectivity index (χ1n) is 8.15. The monoisotopic (exact) mass is 316 g/mol. The molecule has 0 radical (unpaired) electrons. The molecule has 3 fully saturated rings. The van der Waals surface area contributed by atoms with Crippen molar-refractivity contribution >= 4 is 22.9 Å². The van der Waals surface area contributed by atoms with Gasteiger partial charge in [0.15, 0.2) is 17.0 Å². The Labute approximate surface area is 133 Å². The topological polar surface area (TPSA) is 114 Å². The fourth-order valence-corrected chi connectivity index (χ4v) is 3.89. The number of imidazole rings is 1.